The largest absolute Gasteiger partial charge is 0.352 e. The van der Waals surface area contributed by atoms with E-state index in [0.29, 0.717) is 15.6 Å². The van der Waals surface area contributed by atoms with E-state index in [-0.39, 0.29) is 39.1 Å². The number of aryl methyl sites for hydroxylation is 1. The van der Waals surface area contributed by atoms with Crippen molar-refractivity contribution in [2.75, 3.05) is 10.8 Å². The zero-order chi connectivity index (χ0) is 31.3. The van der Waals surface area contributed by atoms with Crippen molar-refractivity contribution in [2.24, 2.45) is 0 Å². The van der Waals surface area contributed by atoms with Crippen LogP contribution in [0.4, 0.5) is 5.69 Å². The minimum absolute atomic E-state index is 0.0171. The lowest BCUT2D eigenvalue weighted by atomic mass is 9.95. The van der Waals surface area contributed by atoms with Crippen LogP contribution in [-0.2, 0) is 26.2 Å². The molecule has 0 aromatic heterocycles. The highest BCUT2D eigenvalue weighted by Crippen LogP contribution is 2.33. The van der Waals surface area contributed by atoms with E-state index in [0.717, 1.165) is 42.0 Å². The zero-order valence-corrected chi connectivity index (χ0v) is 27.7. The van der Waals surface area contributed by atoms with Gasteiger partial charge < -0.3 is 10.2 Å². The lowest BCUT2D eigenvalue weighted by Crippen LogP contribution is -2.53. The monoisotopic (exact) mass is 683 g/mol. The summed E-state index contributed by atoms with van der Waals surface area (Å²) in [5, 5.41) is 4.12. The third kappa shape index (κ3) is 8.37. The Hall–Kier alpha value is -2.49. The van der Waals surface area contributed by atoms with E-state index in [4.69, 9.17) is 46.4 Å². The number of rotatable bonds is 10. The number of halogens is 4. The molecule has 1 fully saturated rings. The topological polar surface area (TPSA) is 86.8 Å². The Morgan fingerprint density at radius 1 is 0.884 bits per heavy atom. The maximum absolute atomic E-state index is 14.2. The number of hydrogen-bond acceptors (Lipinski definition) is 4. The Morgan fingerprint density at radius 3 is 2.16 bits per heavy atom. The van der Waals surface area contributed by atoms with Gasteiger partial charge in [-0.1, -0.05) is 89.4 Å². The van der Waals surface area contributed by atoms with Crippen LogP contribution in [0, 0.1) is 6.92 Å². The van der Waals surface area contributed by atoms with Crippen molar-refractivity contribution in [1.29, 1.82) is 0 Å². The number of carbonyl (C=O) groups excluding carboxylic acids is 2. The first-order valence-corrected chi connectivity index (χ1v) is 16.9. The van der Waals surface area contributed by atoms with Crippen molar-refractivity contribution in [2.45, 2.75) is 69.5 Å². The van der Waals surface area contributed by atoms with Crippen LogP contribution >= 0.6 is 46.4 Å². The van der Waals surface area contributed by atoms with Crippen LogP contribution < -0.4 is 9.62 Å². The Labute approximate surface area is 273 Å². The quantitative estimate of drug-likeness (QED) is 0.238. The average Bonchev–Trinajstić information content (AvgIpc) is 2.97. The molecule has 0 aliphatic heterocycles. The molecule has 0 radical (unpaired) electrons. The minimum atomic E-state index is -4.30. The summed E-state index contributed by atoms with van der Waals surface area (Å²) in [7, 11) is -4.30. The number of nitrogens with zero attached hydrogens (tertiary/aromatic N) is 2. The number of benzene rings is 3. The number of anilines is 1. The highest BCUT2D eigenvalue weighted by molar-refractivity contribution is 7.92. The summed E-state index contributed by atoms with van der Waals surface area (Å²) in [6.45, 7) is 2.74. The van der Waals surface area contributed by atoms with Crippen molar-refractivity contribution < 1.29 is 18.0 Å². The summed E-state index contributed by atoms with van der Waals surface area (Å²) < 4.78 is 29.0. The van der Waals surface area contributed by atoms with E-state index in [1.165, 1.54) is 35.2 Å². The van der Waals surface area contributed by atoms with Gasteiger partial charge in [-0.15, -0.1) is 0 Å². The van der Waals surface area contributed by atoms with Gasteiger partial charge in [0, 0.05) is 27.7 Å². The summed E-state index contributed by atoms with van der Waals surface area (Å²) in [5.74, 6) is -0.969. The first-order chi connectivity index (χ1) is 20.4. The first kappa shape index (κ1) is 33.4. The molecule has 43 heavy (non-hydrogen) atoms. The summed E-state index contributed by atoms with van der Waals surface area (Å²) in [4.78, 5) is 28.9. The summed E-state index contributed by atoms with van der Waals surface area (Å²) in [6.07, 6.45) is 4.90. The fraction of sp³-hybridized carbons (Fsp3) is 0.355. The van der Waals surface area contributed by atoms with Crippen LogP contribution in [0.25, 0.3) is 0 Å². The summed E-state index contributed by atoms with van der Waals surface area (Å²) >= 11 is 25.3. The second-order valence-corrected chi connectivity index (χ2v) is 14.2. The van der Waals surface area contributed by atoms with Crippen LogP contribution in [0.1, 0.15) is 50.2 Å². The Bertz CT molecular complexity index is 1580. The molecular formula is C31H33Cl4N3O4S. The molecule has 1 aliphatic carbocycles. The molecule has 1 aliphatic rings. The Kier molecular flexibility index (Phi) is 11.3. The molecule has 230 valence electrons. The molecule has 1 saturated carbocycles. The van der Waals surface area contributed by atoms with Crippen molar-refractivity contribution >= 4 is 73.9 Å². The van der Waals surface area contributed by atoms with E-state index in [2.05, 4.69) is 5.32 Å². The smallest absolute Gasteiger partial charge is 0.264 e. The molecule has 1 N–H and O–H groups in total. The molecule has 0 unspecified atom stereocenters. The number of hydrogen-bond donors (Lipinski definition) is 1. The summed E-state index contributed by atoms with van der Waals surface area (Å²) in [6, 6.07) is 14.6. The van der Waals surface area contributed by atoms with Crippen molar-refractivity contribution in [3.8, 4) is 0 Å². The van der Waals surface area contributed by atoms with Crippen LogP contribution in [0.3, 0.4) is 0 Å². The molecule has 4 rings (SSSR count). The van der Waals surface area contributed by atoms with Crippen LogP contribution in [0.2, 0.25) is 20.1 Å². The van der Waals surface area contributed by atoms with E-state index in [1.54, 1.807) is 37.3 Å². The van der Waals surface area contributed by atoms with Crippen LogP contribution in [0.5, 0.6) is 0 Å². The van der Waals surface area contributed by atoms with Crippen molar-refractivity contribution in [3.05, 3.63) is 91.9 Å². The molecule has 0 saturated heterocycles. The molecular weight excluding hydrogens is 652 g/mol. The minimum Gasteiger partial charge on any atom is -0.352 e. The van der Waals surface area contributed by atoms with Gasteiger partial charge >= 0.3 is 0 Å². The molecule has 0 heterocycles. The predicted octanol–water partition coefficient (Wildman–Crippen LogP) is 7.67. The third-order valence-electron chi connectivity index (χ3n) is 7.54. The van der Waals surface area contributed by atoms with E-state index >= 15 is 0 Å². The molecule has 7 nitrogen and oxygen atoms in total. The van der Waals surface area contributed by atoms with Gasteiger partial charge in [0.2, 0.25) is 11.8 Å². The molecule has 12 heteroatoms. The van der Waals surface area contributed by atoms with E-state index in [9.17, 15) is 18.0 Å². The standard InChI is InChI=1S/C31H33Cl4N3O4S/c1-20-8-13-26(14-9-20)43(41,42)38(29-17-24(33)12-15-27(29)34)19-30(39)37(18-22-10-11-23(32)16-28(22)35)21(2)31(40)36-25-6-4-3-5-7-25/h8-17,21,25H,3-7,18-19H2,1-2H3,(H,36,40)/t21-/m0/s1. The third-order valence-corrected chi connectivity index (χ3v) is 10.5. The highest BCUT2D eigenvalue weighted by atomic mass is 35.5. The molecule has 2 amide bonds. The predicted molar refractivity (Wildman–Crippen MR) is 174 cm³/mol. The Balaban J connectivity index is 1.73. The maximum Gasteiger partial charge on any atom is 0.264 e. The summed E-state index contributed by atoms with van der Waals surface area (Å²) in [5.41, 5.74) is 1.45. The molecule has 3 aromatic rings. The van der Waals surface area contributed by atoms with Gasteiger partial charge in [0.05, 0.1) is 15.6 Å². The normalized spacial score (nSPS) is 14.7. The number of nitrogens with one attached hydrogen (secondary N) is 1. The van der Waals surface area contributed by atoms with Gasteiger partial charge in [-0.2, -0.15) is 0 Å². The van der Waals surface area contributed by atoms with Gasteiger partial charge in [-0.25, -0.2) is 8.42 Å². The second kappa shape index (κ2) is 14.5. The fourth-order valence-corrected chi connectivity index (χ4v) is 7.34. The SMILES string of the molecule is Cc1ccc(S(=O)(=O)N(CC(=O)N(Cc2ccc(Cl)cc2Cl)[C@@H](C)C(=O)NC2CCCCC2)c2cc(Cl)ccc2Cl)cc1. The number of amides is 2. The van der Waals surface area contributed by atoms with Gasteiger partial charge in [0.25, 0.3) is 10.0 Å². The molecule has 0 bridgehead atoms. The van der Waals surface area contributed by atoms with Crippen LogP contribution in [-0.4, -0.2) is 43.8 Å². The first-order valence-electron chi connectivity index (χ1n) is 13.9. The number of sulfonamides is 1. The molecule has 3 aromatic carbocycles. The lowest BCUT2D eigenvalue weighted by Gasteiger charge is -2.33. The van der Waals surface area contributed by atoms with Crippen LogP contribution in [0.15, 0.2) is 65.6 Å². The van der Waals surface area contributed by atoms with Crippen molar-refractivity contribution in [1.82, 2.24) is 10.2 Å². The Morgan fingerprint density at radius 2 is 1.51 bits per heavy atom. The lowest BCUT2D eigenvalue weighted by molar-refractivity contribution is -0.139. The zero-order valence-electron chi connectivity index (χ0n) is 23.8. The van der Waals surface area contributed by atoms with Gasteiger partial charge in [0.15, 0.2) is 0 Å². The van der Waals surface area contributed by atoms with Gasteiger partial charge in [-0.05, 0) is 74.7 Å². The number of carbonyl (C=O) groups is 2. The van der Waals surface area contributed by atoms with Gasteiger partial charge in [-0.3, -0.25) is 13.9 Å². The van der Waals surface area contributed by atoms with Gasteiger partial charge in [0.1, 0.15) is 12.6 Å². The van der Waals surface area contributed by atoms with E-state index in [1.807, 2.05) is 6.92 Å². The van der Waals surface area contributed by atoms with E-state index < -0.39 is 28.5 Å². The fourth-order valence-electron chi connectivity index (χ4n) is 5.01. The average molecular weight is 686 g/mol. The molecule has 1 atom stereocenters. The maximum atomic E-state index is 14.2. The highest BCUT2D eigenvalue weighted by Gasteiger charge is 2.34. The second-order valence-electron chi connectivity index (χ2n) is 10.7. The van der Waals surface area contributed by atoms with Crippen molar-refractivity contribution in [3.63, 3.8) is 0 Å². The molecule has 0 spiro atoms.